The van der Waals surface area contributed by atoms with Crippen molar-refractivity contribution in [2.45, 2.75) is 85.7 Å². The summed E-state index contributed by atoms with van der Waals surface area (Å²) in [5.41, 5.74) is 3.93. The number of aromatic nitrogens is 3. The fraction of sp³-hybridized carbons (Fsp3) is 0.326. The Bertz CT molecular complexity index is 2320. The average Bonchev–Trinajstić information content (AvgIpc) is 3.59. The number of phenolic OH excluding ortho intramolecular Hbond substituents is 1. The fourth-order valence-corrected chi connectivity index (χ4v) is 5.97. The van der Waals surface area contributed by atoms with Crippen molar-refractivity contribution in [2.75, 3.05) is 11.9 Å². The molecule has 5 aromatic rings. The first-order chi connectivity index (χ1) is 27.4. The normalized spacial score (nSPS) is 11.4. The molecule has 0 radical (unpaired) electrons. The number of aryl methyl sites for hydroxylation is 1. The number of nitrogens with one attached hydrogen (secondary N) is 4. The van der Waals surface area contributed by atoms with Crippen molar-refractivity contribution in [1.82, 2.24) is 30.3 Å². The van der Waals surface area contributed by atoms with Gasteiger partial charge in [0, 0.05) is 36.3 Å². The summed E-state index contributed by atoms with van der Waals surface area (Å²) in [6, 6.07) is 24.5. The number of halogens is 1. The molecular weight excluding hydrogens is 762 g/mol. The van der Waals surface area contributed by atoms with Crippen LogP contribution in [0.25, 0.3) is 5.69 Å². The maximum Gasteiger partial charge on any atom is 0.408 e. The minimum atomic E-state index is -0.677. The zero-order valence-electron chi connectivity index (χ0n) is 33.7. The minimum Gasteiger partial charge on any atom is -0.508 e. The zero-order valence-corrected chi connectivity index (χ0v) is 34.5. The third kappa shape index (κ3) is 11.9. The molecule has 0 aliphatic rings. The van der Waals surface area contributed by atoms with Gasteiger partial charge in [0.05, 0.1) is 17.9 Å². The van der Waals surface area contributed by atoms with E-state index < -0.39 is 23.3 Å². The summed E-state index contributed by atoms with van der Waals surface area (Å²) in [5, 5.41) is 25.4. The molecule has 58 heavy (non-hydrogen) atoms. The highest BCUT2D eigenvalue weighted by Gasteiger charge is 2.22. The molecule has 0 aliphatic carbocycles. The standard InChI is InChI=1S/C43H50ClN7O7/c1-27-19-34(38(44)39(54)50(27)25-29-12-10-11-28(20-29)22-45-37(53)24-47-41(56)58-43(5,6)7)57-26-31-14-9-8-13-30(31)23-46-40(55)48-36-21-35(42(2,3)4)49-51(36)32-15-17-33(52)18-16-32/h8-21,52H,22-26H2,1-7H3,(H,45,53)(H,47,56)(H2,46,48,55). The highest BCUT2D eigenvalue weighted by molar-refractivity contribution is 6.31. The lowest BCUT2D eigenvalue weighted by atomic mass is 9.92. The molecule has 0 saturated heterocycles. The van der Waals surface area contributed by atoms with Crippen LogP contribution in [0, 0.1) is 6.92 Å². The molecular formula is C43H50ClN7O7. The van der Waals surface area contributed by atoms with E-state index in [4.69, 9.17) is 26.2 Å². The molecule has 0 saturated carbocycles. The number of ether oxygens (including phenoxy) is 2. The molecule has 3 aromatic carbocycles. The number of hydrogen-bond acceptors (Lipinski definition) is 8. The molecule has 5 N–H and O–H groups in total. The number of carbonyl (C=O) groups is 3. The number of urea groups is 1. The predicted octanol–water partition coefficient (Wildman–Crippen LogP) is 7.09. The van der Waals surface area contributed by atoms with Crippen molar-refractivity contribution < 1.29 is 29.0 Å². The number of rotatable bonds is 13. The molecule has 4 amide bonds. The number of hydrogen-bond donors (Lipinski definition) is 5. The number of amides is 4. The lowest BCUT2D eigenvalue weighted by Gasteiger charge is -2.19. The first kappa shape index (κ1) is 42.9. The number of carbonyl (C=O) groups excluding carboxylic acids is 3. The van der Waals surface area contributed by atoms with E-state index in [1.54, 1.807) is 67.3 Å². The van der Waals surface area contributed by atoms with Crippen molar-refractivity contribution in [3.8, 4) is 17.2 Å². The number of nitrogens with zero attached hydrogens (tertiary/aromatic N) is 3. The van der Waals surface area contributed by atoms with E-state index in [-0.39, 0.29) is 60.6 Å². The van der Waals surface area contributed by atoms with Crippen LogP contribution in [0.1, 0.15) is 75.2 Å². The van der Waals surface area contributed by atoms with Crippen LogP contribution in [0.3, 0.4) is 0 Å². The third-order valence-electron chi connectivity index (χ3n) is 8.78. The van der Waals surface area contributed by atoms with E-state index in [0.717, 1.165) is 27.9 Å². The quantitative estimate of drug-likeness (QED) is 0.0837. The second-order valence-corrected chi connectivity index (χ2v) is 16.1. The lowest BCUT2D eigenvalue weighted by molar-refractivity contribution is -0.120. The first-order valence-corrected chi connectivity index (χ1v) is 19.1. The van der Waals surface area contributed by atoms with Gasteiger partial charge in [0.25, 0.3) is 5.56 Å². The van der Waals surface area contributed by atoms with Gasteiger partial charge in [0.15, 0.2) is 0 Å². The van der Waals surface area contributed by atoms with Gasteiger partial charge in [-0.2, -0.15) is 5.10 Å². The molecule has 0 aliphatic heterocycles. The fourth-order valence-electron chi connectivity index (χ4n) is 5.76. The Labute approximate surface area is 342 Å². The van der Waals surface area contributed by atoms with E-state index in [2.05, 4.69) is 21.3 Å². The van der Waals surface area contributed by atoms with Gasteiger partial charge < -0.3 is 35.1 Å². The Morgan fingerprint density at radius 2 is 1.52 bits per heavy atom. The Balaban J connectivity index is 1.19. The number of pyridine rings is 1. The van der Waals surface area contributed by atoms with Gasteiger partial charge in [-0.15, -0.1) is 0 Å². The van der Waals surface area contributed by atoms with Gasteiger partial charge in [-0.05, 0) is 74.2 Å². The Hall–Kier alpha value is -6.28. The molecule has 2 aromatic heterocycles. The molecule has 306 valence electrons. The summed E-state index contributed by atoms with van der Waals surface area (Å²) in [6.07, 6.45) is -0.677. The van der Waals surface area contributed by atoms with Crippen LogP contribution in [-0.4, -0.2) is 49.6 Å². The Morgan fingerprint density at radius 1 is 0.828 bits per heavy atom. The van der Waals surface area contributed by atoms with E-state index in [0.29, 0.717) is 17.2 Å². The van der Waals surface area contributed by atoms with Crippen molar-refractivity contribution in [2.24, 2.45) is 0 Å². The zero-order chi connectivity index (χ0) is 42.2. The molecule has 0 atom stereocenters. The van der Waals surface area contributed by atoms with Crippen molar-refractivity contribution in [3.63, 3.8) is 0 Å². The van der Waals surface area contributed by atoms with Crippen molar-refractivity contribution >= 4 is 35.5 Å². The highest BCUT2D eigenvalue weighted by atomic mass is 35.5. The summed E-state index contributed by atoms with van der Waals surface area (Å²) in [7, 11) is 0. The number of benzene rings is 3. The molecule has 2 heterocycles. The molecule has 0 bridgehead atoms. The highest BCUT2D eigenvalue weighted by Crippen LogP contribution is 2.28. The summed E-state index contributed by atoms with van der Waals surface area (Å²) >= 11 is 6.59. The summed E-state index contributed by atoms with van der Waals surface area (Å²) in [4.78, 5) is 50.8. The van der Waals surface area contributed by atoms with Crippen LogP contribution in [-0.2, 0) is 41.2 Å². The smallest absolute Gasteiger partial charge is 0.408 e. The lowest BCUT2D eigenvalue weighted by Crippen LogP contribution is -2.39. The van der Waals surface area contributed by atoms with E-state index in [1.165, 1.54) is 0 Å². The largest absolute Gasteiger partial charge is 0.508 e. The van der Waals surface area contributed by atoms with Crippen LogP contribution in [0.4, 0.5) is 15.4 Å². The maximum atomic E-state index is 13.5. The SMILES string of the molecule is Cc1cc(OCc2ccccc2CNC(=O)Nc2cc(C(C)(C)C)nn2-c2ccc(O)cc2)c(Cl)c(=O)n1Cc1cccc(CNC(=O)CNC(=O)OC(C)(C)C)c1. The molecule has 15 heteroatoms. The van der Waals surface area contributed by atoms with E-state index in [9.17, 15) is 24.3 Å². The maximum absolute atomic E-state index is 13.5. The third-order valence-corrected chi connectivity index (χ3v) is 9.13. The monoisotopic (exact) mass is 811 g/mol. The first-order valence-electron chi connectivity index (χ1n) is 18.7. The summed E-state index contributed by atoms with van der Waals surface area (Å²) < 4.78 is 14.4. The van der Waals surface area contributed by atoms with Crippen LogP contribution < -0.4 is 31.6 Å². The number of aromatic hydroxyl groups is 1. The van der Waals surface area contributed by atoms with Gasteiger partial charge in [0.1, 0.15) is 41.1 Å². The molecule has 14 nitrogen and oxygen atoms in total. The molecule has 0 fully saturated rings. The van der Waals surface area contributed by atoms with Crippen LogP contribution in [0.5, 0.6) is 11.5 Å². The predicted molar refractivity (Wildman–Crippen MR) is 223 cm³/mol. The van der Waals surface area contributed by atoms with E-state index in [1.807, 2.05) is 75.4 Å². The van der Waals surface area contributed by atoms with Crippen molar-refractivity contribution in [3.05, 3.63) is 134 Å². The minimum absolute atomic E-state index is 0.0682. The average molecular weight is 812 g/mol. The second-order valence-electron chi connectivity index (χ2n) is 15.8. The summed E-state index contributed by atoms with van der Waals surface area (Å²) in [6.45, 7) is 13.6. The Kier molecular flexibility index (Phi) is 13.5. The van der Waals surface area contributed by atoms with Crippen molar-refractivity contribution in [1.29, 1.82) is 0 Å². The van der Waals surface area contributed by atoms with Gasteiger partial charge in [-0.25, -0.2) is 14.3 Å². The summed E-state index contributed by atoms with van der Waals surface area (Å²) in [5.74, 6) is 0.440. The van der Waals surface area contributed by atoms with Crippen LogP contribution in [0.15, 0.2) is 89.7 Å². The number of alkyl carbamates (subject to hydrolysis) is 1. The van der Waals surface area contributed by atoms with Gasteiger partial charge in [-0.3, -0.25) is 14.9 Å². The van der Waals surface area contributed by atoms with Crippen LogP contribution >= 0.6 is 11.6 Å². The number of phenols is 1. The van der Waals surface area contributed by atoms with Gasteiger partial charge in [0.2, 0.25) is 5.91 Å². The topological polar surface area (TPSA) is 178 Å². The Morgan fingerprint density at radius 3 is 2.21 bits per heavy atom. The second kappa shape index (κ2) is 18.3. The number of anilines is 1. The van der Waals surface area contributed by atoms with Gasteiger partial charge in [-0.1, -0.05) is 80.9 Å². The molecule has 5 rings (SSSR count). The molecule has 0 unspecified atom stereocenters. The van der Waals surface area contributed by atoms with Gasteiger partial charge >= 0.3 is 12.1 Å². The van der Waals surface area contributed by atoms with E-state index >= 15 is 0 Å². The van der Waals surface area contributed by atoms with Crippen LogP contribution in [0.2, 0.25) is 5.02 Å². The molecule has 0 spiro atoms.